The molecule has 3 rings (SSSR count). The van der Waals surface area contributed by atoms with Gasteiger partial charge in [-0.15, -0.1) is 0 Å². The summed E-state index contributed by atoms with van der Waals surface area (Å²) in [5.74, 6) is -0.927. The maximum Gasteiger partial charge on any atom is 0.242 e. The second-order valence-electron chi connectivity index (χ2n) is 7.58. The minimum absolute atomic E-state index is 0.00105. The van der Waals surface area contributed by atoms with Crippen molar-refractivity contribution in [3.05, 3.63) is 88.7 Å². The Kier molecular flexibility index (Phi) is 8.92. The van der Waals surface area contributed by atoms with Gasteiger partial charge in [0.25, 0.3) is 0 Å². The Morgan fingerprint density at radius 2 is 1.82 bits per heavy atom. The zero-order valence-electron chi connectivity index (χ0n) is 18.2. The number of pyridine rings is 1. The number of sulfonamides is 1. The van der Waals surface area contributed by atoms with Crippen LogP contribution in [0.3, 0.4) is 0 Å². The number of halogens is 3. The molecular formula is C23H24ClF2N3O4S. The second kappa shape index (κ2) is 11.7. The van der Waals surface area contributed by atoms with Gasteiger partial charge in [-0.2, -0.15) is 0 Å². The van der Waals surface area contributed by atoms with Crippen molar-refractivity contribution in [2.75, 3.05) is 13.7 Å². The van der Waals surface area contributed by atoms with Gasteiger partial charge in [0.05, 0.1) is 19.3 Å². The molecule has 7 nitrogen and oxygen atoms in total. The van der Waals surface area contributed by atoms with Gasteiger partial charge in [-0.05, 0) is 53.9 Å². The molecular weight excluding hydrogens is 488 g/mol. The molecule has 3 aromatic rings. The molecule has 0 aliphatic carbocycles. The number of aromatic nitrogens is 1. The van der Waals surface area contributed by atoms with Crippen molar-refractivity contribution in [3.63, 3.8) is 0 Å². The van der Waals surface area contributed by atoms with E-state index in [2.05, 4.69) is 15.0 Å². The van der Waals surface area contributed by atoms with E-state index in [0.717, 1.165) is 23.9 Å². The number of ether oxygens (including phenoxy) is 1. The molecule has 182 valence electrons. The van der Waals surface area contributed by atoms with Gasteiger partial charge in [0, 0.05) is 25.4 Å². The molecule has 1 aromatic heterocycles. The van der Waals surface area contributed by atoms with Crippen molar-refractivity contribution < 1.29 is 27.0 Å². The highest BCUT2D eigenvalue weighted by atomic mass is 35.5. The predicted octanol–water partition coefficient (Wildman–Crippen LogP) is 3.06. The summed E-state index contributed by atoms with van der Waals surface area (Å²) in [6, 6.07) is 11.7. The van der Waals surface area contributed by atoms with Crippen molar-refractivity contribution in [2.24, 2.45) is 0 Å². The third-order valence-corrected chi connectivity index (χ3v) is 6.67. The standard InChI is InChI=1S/C23H24ClF2N3O4S/c1-33-19-4-2-3-15(9-19)12-27-14-22(30)21(10-16-7-17(25)11-18(26)8-16)29-34(31,32)20-5-6-23(24)28-13-20/h2-9,11,13,21-22,27,29-30H,10,12,14H2,1H3. The first-order valence-corrected chi connectivity index (χ1v) is 12.1. The highest BCUT2D eigenvalue weighted by Gasteiger charge is 2.27. The third kappa shape index (κ3) is 7.44. The topological polar surface area (TPSA) is 101 Å². The smallest absolute Gasteiger partial charge is 0.242 e. The number of rotatable bonds is 11. The van der Waals surface area contributed by atoms with Crippen molar-refractivity contribution in [1.29, 1.82) is 0 Å². The summed E-state index contributed by atoms with van der Waals surface area (Å²) >= 11 is 5.73. The Bertz CT molecular complexity index is 1190. The Balaban J connectivity index is 1.76. The molecule has 0 saturated carbocycles. The first-order valence-electron chi connectivity index (χ1n) is 10.3. The number of nitrogens with one attached hydrogen (secondary N) is 2. The minimum atomic E-state index is -4.11. The van der Waals surface area contributed by atoms with Crippen LogP contribution in [0.1, 0.15) is 11.1 Å². The first-order chi connectivity index (χ1) is 16.2. The Labute approximate surface area is 201 Å². The molecule has 0 fully saturated rings. The van der Waals surface area contributed by atoms with Gasteiger partial charge in [0.15, 0.2) is 0 Å². The van der Waals surface area contributed by atoms with E-state index in [4.69, 9.17) is 16.3 Å². The van der Waals surface area contributed by atoms with Crippen LogP contribution in [0.15, 0.2) is 65.7 Å². The molecule has 0 radical (unpaired) electrons. The molecule has 0 saturated heterocycles. The van der Waals surface area contributed by atoms with Crippen LogP contribution < -0.4 is 14.8 Å². The third-order valence-electron chi connectivity index (χ3n) is 4.98. The number of hydrogen-bond donors (Lipinski definition) is 3. The van der Waals surface area contributed by atoms with Crippen LogP contribution >= 0.6 is 11.6 Å². The summed E-state index contributed by atoms with van der Waals surface area (Å²) < 4.78 is 60.7. The highest BCUT2D eigenvalue weighted by Crippen LogP contribution is 2.16. The van der Waals surface area contributed by atoms with E-state index in [-0.39, 0.29) is 28.6 Å². The zero-order valence-corrected chi connectivity index (χ0v) is 19.8. The molecule has 0 spiro atoms. The Morgan fingerprint density at radius 1 is 1.09 bits per heavy atom. The van der Waals surface area contributed by atoms with Gasteiger partial charge < -0.3 is 15.2 Å². The Hall–Kier alpha value is -2.63. The summed E-state index contributed by atoms with van der Waals surface area (Å²) in [6.07, 6.45) is -0.305. The molecule has 0 aliphatic rings. The minimum Gasteiger partial charge on any atom is -0.497 e. The summed E-state index contributed by atoms with van der Waals surface area (Å²) in [6.45, 7) is 0.379. The van der Waals surface area contributed by atoms with Gasteiger partial charge in [-0.3, -0.25) is 0 Å². The maximum atomic E-state index is 13.7. The van der Waals surface area contributed by atoms with Gasteiger partial charge in [-0.25, -0.2) is 26.9 Å². The van der Waals surface area contributed by atoms with Gasteiger partial charge in [-0.1, -0.05) is 23.7 Å². The van der Waals surface area contributed by atoms with E-state index in [0.29, 0.717) is 18.4 Å². The van der Waals surface area contributed by atoms with Crippen LogP contribution in [0.2, 0.25) is 5.15 Å². The predicted molar refractivity (Wildman–Crippen MR) is 124 cm³/mol. The molecule has 3 N–H and O–H groups in total. The lowest BCUT2D eigenvalue weighted by Gasteiger charge is -2.25. The molecule has 2 unspecified atom stereocenters. The first kappa shape index (κ1) is 26.0. The molecule has 0 amide bonds. The molecule has 0 aliphatic heterocycles. The average molecular weight is 512 g/mol. The quantitative estimate of drug-likeness (QED) is 0.342. The molecule has 1 heterocycles. The second-order valence-corrected chi connectivity index (χ2v) is 9.68. The number of aliphatic hydroxyl groups is 1. The van der Waals surface area contributed by atoms with E-state index >= 15 is 0 Å². The SMILES string of the molecule is COc1cccc(CNCC(O)C(Cc2cc(F)cc(F)c2)NS(=O)(=O)c2ccc(Cl)nc2)c1. The summed E-state index contributed by atoms with van der Waals surface area (Å²) in [4.78, 5) is 3.60. The maximum absolute atomic E-state index is 13.7. The molecule has 34 heavy (non-hydrogen) atoms. The van der Waals surface area contributed by atoms with E-state index in [1.54, 1.807) is 13.2 Å². The number of methoxy groups -OCH3 is 1. The zero-order chi connectivity index (χ0) is 24.7. The molecule has 11 heteroatoms. The van der Waals surface area contributed by atoms with Crippen LogP contribution in [-0.4, -0.2) is 44.3 Å². The van der Waals surface area contributed by atoms with Crippen LogP contribution in [0, 0.1) is 11.6 Å². The summed E-state index contributed by atoms with van der Waals surface area (Å²) in [5.41, 5.74) is 1.08. The number of nitrogens with zero attached hydrogens (tertiary/aromatic N) is 1. The van der Waals surface area contributed by atoms with E-state index in [1.807, 2.05) is 18.2 Å². The lowest BCUT2D eigenvalue weighted by molar-refractivity contribution is 0.134. The fraction of sp³-hybridized carbons (Fsp3) is 0.261. The number of hydrogen-bond acceptors (Lipinski definition) is 6. The van der Waals surface area contributed by atoms with Crippen LogP contribution in [0.5, 0.6) is 5.75 Å². The fourth-order valence-electron chi connectivity index (χ4n) is 3.32. The van der Waals surface area contributed by atoms with E-state index < -0.39 is 33.8 Å². The van der Waals surface area contributed by atoms with Gasteiger partial charge in [0.2, 0.25) is 10.0 Å². The molecule has 2 aromatic carbocycles. The average Bonchev–Trinajstić information content (AvgIpc) is 2.78. The number of aliphatic hydroxyl groups excluding tert-OH is 1. The van der Waals surface area contributed by atoms with Gasteiger partial charge in [0.1, 0.15) is 27.4 Å². The van der Waals surface area contributed by atoms with Crippen molar-refractivity contribution in [1.82, 2.24) is 15.0 Å². The lowest BCUT2D eigenvalue weighted by Crippen LogP contribution is -2.48. The molecule has 2 atom stereocenters. The summed E-state index contributed by atoms with van der Waals surface area (Å²) in [5, 5.41) is 14.0. The fourth-order valence-corrected chi connectivity index (χ4v) is 4.64. The van der Waals surface area contributed by atoms with Crippen LogP contribution in [-0.2, 0) is 23.0 Å². The van der Waals surface area contributed by atoms with Gasteiger partial charge >= 0.3 is 0 Å². The largest absolute Gasteiger partial charge is 0.497 e. The monoisotopic (exact) mass is 511 g/mol. The van der Waals surface area contributed by atoms with Crippen LogP contribution in [0.25, 0.3) is 0 Å². The number of benzene rings is 2. The highest BCUT2D eigenvalue weighted by molar-refractivity contribution is 7.89. The normalized spacial score (nSPS) is 13.4. The van der Waals surface area contributed by atoms with E-state index in [9.17, 15) is 22.3 Å². The van der Waals surface area contributed by atoms with Crippen LogP contribution in [0.4, 0.5) is 8.78 Å². The van der Waals surface area contributed by atoms with Crippen molar-refractivity contribution in [3.8, 4) is 5.75 Å². The Morgan fingerprint density at radius 3 is 2.47 bits per heavy atom. The van der Waals surface area contributed by atoms with Crippen molar-refractivity contribution in [2.45, 2.75) is 30.0 Å². The molecule has 0 bridgehead atoms. The van der Waals surface area contributed by atoms with E-state index in [1.165, 1.54) is 12.1 Å². The summed E-state index contributed by atoms with van der Waals surface area (Å²) in [7, 11) is -2.56. The lowest BCUT2D eigenvalue weighted by atomic mass is 10.0. The van der Waals surface area contributed by atoms with Crippen molar-refractivity contribution >= 4 is 21.6 Å².